The summed E-state index contributed by atoms with van der Waals surface area (Å²) in [7, 11) is -2.91. The van der Waals surface area contributed by atoms with Gasteiger partial charge in [-0.2, -0.15) is 0 Å². The average Bonchev–Trinajstić information content (AvgIpc) is 3.40. The van der Waals surface area contributed by atoms with Crippen molar-refractivity contribution in [2.75, 3.05) is 11.5 Å². The van der Waals surface area contributed by atoms with E-state index >= 15 is 0 Å². The molecule has 1 saturated heterocycles. The van der Waals surface area contributed by atoms with Gasteiger partial charge in [0, 0.05) is 17.6 Å². The predicted octanol–water partition coefficient (Wildman–Crippen LogP) is 3.51. The fourth-order valence-electron chi connectivity index (χ4n) is 2.95. The van der Waals surface area contributed by atoms with Crippen LogP contribution in [0.4, 0.5) is 4.39 Å². The number of thioether (sulfide) groups is 1. The molecule has 7 nitrogen and oxygen atoms in total. The van der Waals surface area contributed by atoms with Gasteiger partial charge in [0.05, 0.1) is 17.2 Å². The monoisotopic (exact) mass is 455 g/mol. The fourth-order valence-corrected chi connectivity index (χ4v) is 6.30. The predicted molar refractivity (Wildman–Crippen MR) is 107 cm³/mol. The summed E-state index contributed by atoms with van der Waals surface area (Å²) in [4.78, 5) is 4.51. The molecule has 0 radical (unpaired) electrons. The van der Waals surface area contributed by atoms with Crippen molar-refractivity contribution in [1.82, 2.24) is 15.2 Å². The Bertz CT molecular complexity index is 1070. The fraction of sp³-hybridized carbons (Fsp3) is 0.389. The van der Waals surface area contributed by atoms with Gasteiger partial charge in [-0.15, -0.1) is 21.5 Å². The molecule has 0 bridgehead atoms. The Balaban J connectivity index is 1.24. The van der Waals surface area contributed by atoms with Gasteiger partial charge in [-0.1, -0.05) is 11.8 Å². The topological polar surface area (TPSA) is 95.2 Å². The lowest BCUT2D eigenvalue weighted by atomic mass is 10.1. The molecule has 154 valence electrons. The van der Waals surface area contributed by atoms with Gasteiger partial charge < -0.3 is 9.15 Å². The van der Waals surface area contributed by atoms with Crippen molar-refractivity contribution in [3.8, 4) is 5.75 Å². The number of nitrogens with zero attached hydrogens (tertiary/aromatic N) is 3. The molecule has 3 aromatic rings. The maximum Gasteiger partial charge on any atom is 0.276 e. The third kappa shape index (κ3) is 5.77. The van der Waals surface area contributed by atoms with Crippen molar-refractivity contribution >= 4 is 32.9 Å². The number of halogens is 1. The molecule has 0 spiro atoms. The van der Waals surface area contributed by atoms with Crippen molar-refractivity contribution < 1.29 is 22.0 Å². The highest BCUT2D eigenvalue weighted by atomic mass is 32.2. The van der Waals surface area contributed by atoms with Crippen molar-refractivity contribution in [2.24, 2.45) is 5.92 Å². The van der Waals surface area contributed by atoms with E-state index in [0.717, 1.165) is 10.7 Å². The number of ether oxygens (including phenoxy) is 1. The summed E-state index contributed by atoms with van der Waals surface area (Å²) in [5.74, 6) is 1.83. The van der Waals surface area contributed by atoms with Gasteiger partial charge in [0.25, 0.3) is 5.22 Å². The van der Waals surface area contributed by atoms with Gasteiger partial charge in [-0.25, -0.2) is 17.8 Å². The van der Waals surface area contributed by atoms with Crippen LogP contribution in [0.25, 0.3) is 0 Å². The zero-order valence-electron chi connectivity index (χ0n) is 15.3. The molecule has 0 amide bonds. The van der Waals surface area contributed by atoms with Crippen LogP contribution in [0.3, 0.4) is 0 Å². The minimum Gasteiger partial charge on any atom is -0.486 e. The van der Waals surface area contributed by atoms with Crippen LogP contribution in [0.15, 0.2) is 39.3 Å². The molecule has 1 aromatic carbocycles. The number of benzene rings is 1. The first-order valence-corrected chi connectivity index (χ1v) is 12.6. The average molecular weight is 456 g/mol. The SMILES string of the molecule is O=S1(=O)CCC(Cc2nnc(SCc3csc(COc4ccc(F)cc4)n3)o2)C1. The van der Waals surface area contributed by atoms with E-state index in [2.05, 4.69) is 15.2 Å². The van der Waals surface area contributed by atoms with Gasteiger partial charge in [0.2, 0.25) is 5.89 Å². The van der Waals surface area contributed by atoms with Crippen molar-refractivity contribution in [3.63, 3.8) is 0 Å². The molecule has 1 aliphatic rings. The molecule has 11 heteroatoms. The van der Waals surface area contributed by atoms with E-state index in [4.69, 9.17) is 9.15 Å². The number of aromatic nitrogens is 3. The van der Waals surface area contributed by atoms with Crippen LogP contribution in [0.2, 0.25) is 0 Å². The van der Waals surface area contributed by atoms with Crippen molar-refractivity contribution in [1.29, 1.82) is 0 Å². The van der Waals surface area contributed by atoms with Crippen LogP contribution in [0, 0.1) is 11.7 Å². The summed E-state index contributed by atoms with van der Waals surface area (Å²) in [6.07, 6.45) is 1.14. The highest BCUT2D eigenvalue weighted by molar-refractivity contribution is 7.98. The number of hydrogen-bond acceptors (Lipinski definition) is 9. The first-order valence-electron chi connectivity index (χ1n) is 8.92. The molecule has 1 fully saturated rings. The second-order valence-corrected chi connectivity index (χ2v) is 10.8. The Hall–Kier alpha value is -1.98. The normalized spacial score (nSPS) is 18.2. The summed E-state index contributed by atoms with van der Waals surface area (Å²) in [5.41, 5.74) is 0.874. The zero-order chi connectivity index (χ0) is 20.3. The van der Waals surface area contributed by atoms with Crippen LogP contribution in [0.1, 0.15) is 23.0 Å². The smallest absolute Gasteiger partial charge is 0.276 e. The molecule has 1 unspecified atom stereocenters. The molecule has 4 rings (SSSR count). The largest absolute Gasteiger partial charge is 0.486 e. The van der Waals surface area contributed by atoms with Gasteiger partial charge in [-0.05, 0) is 36.6 Å². The van der Waals surface area contributed by atoms with Crippen LogP contribution in [-0.4, -0.2) is 35.1 Å². The molecule has 0 saturated carbocycles. The van der Waals surface area contributed by atoms with Crippen molar-refractivity contribution in [3.05, 3.63) is 52.1 Å². The first-order chi connectivity index (χ1) is 13.9. The van der Waals surface area contributed by atoms with Gasteiger partial charge in [-0.3, -0.25) is 0 Å². The molecular formula is C18H18FN3O4S3. The van der Waals surface area contributed by atoms with Gasteiger partial charge in [0.15, 0.2) is 9.84 Å². The van der Waals surface area contributed by atoms with Gasteiger partial charge in [0.1, 0.15) is 23.2 Å². The molecule has 29 heavy (non-hydrogen) atoms. The van der Waals surface area contributed by atoms with E-state index in [-0.39, 0.29) is 23.2 Å². The van der Waals surface area contributed by atoms with Crippen molar-refractivity contribution in [2.45, 2.75) is 30.4 Å². The zero-order valence-corrected chi connectivity index (χ0v) is 17.7. The lowest BCUT2D eigenvalue weighted by molar-refractivity contribution is 0.305. The van der Waals surface area contributed by atoms with E-state index in [1.807, 2.05) is 5.38 Å². The third-order valence-corrected chi connectivity index (χ3v) is 7.92. The Morgan fingerprint density at radius 3 is 2.86 bits per heavy atom. The standard InChI is InChI=1S/C18H18FN3O4S3/c19-13-1-3-15(4-2-13)25-8-17-20-14(9-27-17)10-28-18-22-21-16(26-18)7-12-5-6-29(23,24)11-12/h1-4,9,12H,5-8,10-11H2. The maximum atomic E-state index is 12.9. The Kier molecular flexibility index (Phi) is 6.16. The number of rotatable bonds is 8. The second-order valence-electron chi connectivity index (χ2n) is 6.70. The minimum atomic E-state index is -2.91. The molecule has 0 aliphatic carbocycles. The van der Waals surface area contributed by atoms with Crippen LogP contribution >= 0.6 is 23.1 Å². The van der Waals surface area contributed by atoms with Crippen LogP contribution in [-0.2, 0) is 28.6 Å². The van der Waals surface area contributed by atoms with E-state index in [0.29, 0.717) is 42.1 Å². The van der Waals surface area contributed by atoms with E-state index in [9.17, 15) is 12.8 Å². The number of hydrogen-bond donors (Lipinski definition) is 0. The quantitative estimate of drug-likeness (QED) is 0.476. The Labute approximate surface area is 175 Å². The lowest BCUT2D eigenvalue weighted by Crippen LogP contribution is -2.07. The second kappa shape index (κ2) is 8.80. The molecular weight excluding hydrogens is 437 g/mol. The summed E-state index contributed by atoms with van der Waals surface area (Å²) >= 11 is 2.87. The molecule has 2 aromatic heterocycles. The van der Waals surface area contributed by atoms with E-state index in [1.165, 1.54) is 35.2 Å². The Morgan fingerprint density at radius 2 is 2.10 bits per heavy atom. The molecule has 3 heterocycles. The van der Waals surface area contributed by atoms with Gasteiger partial charge >= 0.3 is 0 Å². The Morgan fingerprint density at radius 1 is 1.28 bits per heavy atom. The highest BCUT2D eigenvalue weighted by Crippen LogP contribution is 2.26. The van der Waals surface area contributed by atoms with E-state index in [1.54, 1.807) is 12.1 Å². The molecule has 1 aliphatic heterocycles. The summed E-state index contributed by atoms with van der Waals surface area (Å²) in [5, 5.41) is 11.2. The maximum absolute atomic E-state index is 12.9. The summed E-state index contributed by atoms with van der Waals surface area (Å²) < 4.78 is 47.2. The lowest BCUT2D eigenvalue weighted by Gasteiger charge is -2.03. The molecule has 1 atom stereocenters. The summed E-state index contributed by atoms with van der Waals surface area (Å²) in [6, 6.07) is 5.86. The van der Waals surface area contributed by atoms with Crippen LogP contribution < -0.4 is 4.74 Å². The van der Waals surface area contributed by atoms with Crippen LogP contribution in [0.5, 0.6) is 5.75 Å². The summed E-state index contributed by atoms with van der Waals surface area (Å²) in [6.45, 7) is 0.315. The first kappa shape index (κ1) is 20.3. The third-order valence-electron chi connectivity index (χ3n) is 4.36. The number of thiazole rings is 1. The van der Waals surface area contributed by atoms with E-state index < -0.39 is 9.84 Å². The number of sulfone groups is 1. The highest BCUT2D eigenvalue weighted by Gasteiger charge is 2.29. The molecule has 0 N–H and O–H groups in total. The minimum absolute atomic E-state index is 0.0560.